The van der Waals surface area contributed by atoms with Gasteiger partial charge in [0.05, 0.1) is 33.0 Å². The van der Waals surface area contributed by atoms with Crippen molar-refractivity contribution in [3.05, 3.63) is 23.9 Å². The monoisotopic (exact) mass is 431 g/mol. The van der Waals surface area contributed by atoms with Crippen molar-refractivity contribution in [2.45, 2.75) is 19.8 Å². The van der Waals surface area contributed by atoms with Gasteiger partial charge in [-0.05, 0) is 24.8 Å². The first kappa shape index (κ1) is 23.2. The molecule has 1 aliphatic rings. The Morgan fingerprint density at radius 1 is 1.19 bits per heavy atom. The fraction of sp³-hybridized carbons (Fsp3) is 0.609. The van der Waals surface area contributed by atoms with Crippen LogP contribution in [0.1, 0.15) is 19.0 Å². The smallest absolute Gasteiger partial charge is 0.190 e. The number of aliphatic imine (C=N–C) groups is 1. The van der Waals surface area contributed by atoms with E-state index in [1.165, 1.54) is 5.69 Å². The molecule has 0 saturated carbocycles. The van der Waals surface area contributed by atoms with E-state index >= 15 is 0 Å². The summed E-state index contributed by atoms with van der Waals surface area (Å²) < 4.78 is 16.3. The summed E-state index contributed by atoms with van der Waals surface area (Å²) in [4.78, 5) is 10.3. The van der Waals surface area contributed by atoms with Gasteiger partial charge in [-0.15, -0.1) is 0 Å². The van der Waals surface area contributed by atoms with Gasteiger partial charge in [0.25, 0.3) is 0 Å². The maximum Gasteiger partial charge on any atom is 0.190 e. The van der Waals surface area contributed by atoms with Crippen LogP contribution in [0.4, 0.5) is 0 Å². The minimum Gasteiger partial charge on any atom is -0.497 e. The van der Waals surface area contributed by atoms with E-state index in [2.05, 4.69) is 38.5 Å². The molecule has 3 N–H and O–H groups in total. The van der Waals surface area contributed by atoms with Crippen LogP contribution in [-0.4, -0.2) is 83.0 Å². The molecule has 1 saturated heterocycles. The van der Waals surface area contributed by atoms with Crippen LogP contribution in [0.15, 0.2) is 23.2 Å². The fourth-order valence-electron chi connectivity index (χ4n) is 3.92. The summed E-state index contributed by atoms with van der Waals surface area (Å²) >= 11 is 0. The predicted molar refractivity (Wildman–Crippen MR) is 126 cm³/mol. The van der Waals surface area contributed by atoms with Crippen LogP contribution < -0.4 is 20.1 Å². The standard InChI is InChI=1S/C23H37N5O3/c1-17(16-28-8-10-31-11-9-28)15-26-23(24-2)25-7-5-6-18-12-20-21(27-18)13-19(29-3)14-22(20)30-4/h12-14,17,27H,5-11,15-16H2,1-4H3,(H2,24,25,26). The van der Waals surface area contributed by atoms with Gasteiger partial charge in [-0.1, -0.05) is 6.92 Å². The molecule has 0 radical (unpaired) electrons. The number of aryl methyl sites for hydroxylation is 1. The third-order valence-electron chi connectivity index (χ3n) is 5.62. The lowest BCUT2D eigenvalue weighted by atomic mass is 10.1. The molecular formula is C23H37N5O3. The molecule has 8 nitrogen and oxygen atoms in total. The van der Waals surface area contributed by atoms with Crippen LogP contribution in [0.2, 0.25) is 0 Å². The Morgan fingerprint density at radius 2 is 2.00 bits per heavy atom. The minimum absolute atomic E-state index is 0.551. The quantitative estimate of drug-likeness (QED) is 0.304. The summed E-state index contributed by atoms with van der Waals surface area (Å²) in [7, 11) is 5.17. The lowest BCUT2D eigenvalue weighted by molar-refractivity contribution is 0.0320. The summed E-state index contributed by atoms with van der Waals surface area (Å²) in [5.74, 6) is 3.02. The Morgan fingerprint density at radius 3 is 2.71 bits per heavy atom. The number of hydrogen-bond acceptors (Lipinski definition) is 5. The molecule has 0 amide bonds. The largest absolute Gasteiger partial charge is 0.497 e. The number of aromatic amines is 1. The van der Waals surface area contributed by atoms with Gasteiger partial charge in [-0.3, -0.25) is 9.89 Å². The maximum absolute atomic E-state index is 5.50. The van der Waals surface area contributed by atoms with E-state index in [9.17, 15) is 0 Å². The summed E-state index contributed by atoms with van der Waals surface area (Å²) in [6.45, 7) is 8.87. The average molecular weight is 432 g/mol. The molecule has 0 aliphatic carbocycles. The van der Waals surface area contributed by atoms with Crippen molar-refractivity contribution in [1.29, 1.82) is 0 Å². The lowest BCUT2D eigenvalue weighted by Gasteiger charge is -2.29. The number of fused-ring (bicyclic) bond motifs is 1. The van der Waals surface area contributed by atoms with Crippen LogP contribution in [0.25, 0.3) is 10.9 Å². The van der Waals surface area contributed by atoms with Crippen LogP contribution in [-0.2, 0) is 11.2 Å². The molecular weight excluding hydrogens is 394 g/mol. The van der Waals surface area contributed by atoms with Crippen LogP contribution in [0.3, 0.4) is 0 Å². The number of morpholine rings is 1. The molecule has 1 fully saturated rings. The molecule has 2 aromatic rings. The second-order valence-corrected chi connectivity index (χ2v) is 8.09. The highest BCUT2D eigenvalue weighted by Crippen LogP contribution is 2.31. The first-order valence-corrected chi connectivity index (χ1v) is 11.1. The van der Waals surface area contributed by atoms with Gasteiger partial charge in [0, 0.05) is 63.0 Å². The van der Waals surface area contributed by atoms with Crippen molar-refractivity contribution in [2.75, 3.05) is 67.2 Å². The van der Waals surface area contributed by atoms with E-state index in [-0.39, 0.29) is 0 Å². The molecule has 172 valence electrons. The topological polar surface area (TPSA) is 83.1 Å². The number of nitrogens with zero attached hydrogens (tertiary/aromatic N) is 2. The van der Waals surface area contributed by atoms with Crippen molar-refractivity contribution >= 4 is 16.9 Å². The molecule has 1 aromatic carbocycles. The maximum atomic E-state index is 5.50. The summed E-state index contributed by atoms with van der Waals surface area (Å²) in [5, 5.41) is 7.95. The number of rotatable bonds is 10. The molecule has 1 aliphatic heterocycles. The number of guanidine groups is 1. The van der Waals surface area contributed by atoms with E-state index in [4.69, 9.17) is 14.2 Å². The number of hydrogen-bond donors (Lipinski definition) is 3. The summed E-state index contributed by atoms with van der Waals surface area (Å²) in [5.41, 5.74) is 2.22. The van der Waals surface area contributed by atoms with Crippen molar-refractivity contribution in [3.8, 4) is 11.5 Å². The number of aromatic nitrogens is 1. The Bertz CT molecular complexity index is 845. The number of H-pyrrole nitrogens is 1. The van der Waals surface area contributed by atoms with Crippen LogP contribution >= 0.6 is 0 Å². The van der Waals surface area contributed by atoms with Gasteiger partial charge in [0.15, 0.2) is 5.96 Å². The molecule has 1 unspecified atom stereocenters. The summed E-state index contributed by atoms with van der Waals surface area (Å²) in [6, 6.07) is 6.08. The zero-order valence-corrected chi connectivity index (χ0v) is 19.3. The molecule has 31 heavy (non-hydrogen) atoms. The van der Waals surface area contributed by atoms with Crippen molar-refractivity contribution in [1.82, 2.24) is 20.5 Å². The second kappa shape index (κ2) is 11.8. The average Bonchev–Trinajstić information content (AvgIpc) is 3.21. The second-order valence-electron chi connectivity index (χ2n) is 8.09. The molecule has 2 heterocycles. The number of methoxy groups -OCH3 is 2. The summed E-state index contributed by atoms with van der Waals surface area (Å²) in [6.07, 6.45) is 1.94. The highest BCUT2D eigenvalue weighted by atomic mass is 16.5. The van der Waals surface area contributed by atoms with E-state index in [1.807, 2.05) is 19.2 Å². The molecule has 0 bridgehead atoms. The van der Waals surface area contributed by atoms with E-state index in [0.717, 1.165) is 87.1 Å². The van der Waals surface area contributed by atoms with Crippen molar-refractivity contribution in [2.24, 2.45) is 10.9 Å². The zero-order valence-electron chi connectivity index (χ0n) is 19.3. The van der Waals surface area contributed by atoms with Crippen molar-refractivity contribution < 1.29 is 14.2 Å². The van der Waals surface area contributed by atoms with Gasteiger partial charge < -0.3 is 29.8 Å². The Hall–Kier alpha value is -2.45. The molecule has 1 atom stereocenters. The third kappa shape index (κ3) is 6.77. The predicted octanol–water partition coefficient (Wildman–Crippen LogP) is 2.25. The first-order valence-electron chi connectivity index (χ1n) is 11.1. The number of benzene rings is 1. The SMILES string of the molecule is CN=C(NCCCc1cc2c(OC)cc(OC)cc2[nH]1)NCC(C)CN1CCOCC1. The molecule has 3 rings (SSSR count). The molecule has 8 heteroatoms. The van der Waals surface area contributed by atoms with Gasteiger partial charge in [-0.25, -0.2) is 0 Å². The fourth-order valence-corrected chi connectivity index (χ4v) is 3.92. The highest BCUT2D eigenvalue weighted by Gasteiger charge is 2.14. The lowest BCUT2D eigenvalue weighted by Crippen LogP contribution is -2.44. The Balaban J connectivity index is 1.40. The van der Waals surface area contributed by atoms with Crippen molar-refractivity contribution in [3.63, 3.8) is 0 Å². The number of nitrogens with one attached hydrogen (secondary N) is 3. The molecule has 0 spiro atoms. The van der Waals surface area contributed by atoms with Gasteiger partial charge in [-0.2, -0.15) is 0 Å². The van der Waals surface area contributed by atoms with Gasteiger partial charge in [0.1, 0.15) is 11.5 Å². The molecule has 1 aromatic heterocycles. The van der Waals surface area contributed by atoms with E-state index in [0.29, 0.717) is 5.92 Å². The van der Waals surface area contributed by atoms with E-state index < -0.39 is 0 Å². The van der Waals surface area contributed by atoms with Gasteiger partial charge in [0.2, 0.25) is 0 Å². The highest BCUT2D eigenvalue weighted by molar-refractivity contribution is 5.88. The first-order chi connectivity index (χ1) is 15.1. The van der Waals surface area contributed by atoms with Crippen LogP contribution in [0, 0.1) is 5.92 Å². The third-order valence-corrected chi connectivity index (χ3v) is 5.62. The normalized spacial score (nSPS) is 16.3. The van der Waals surface area contributed by atoms with E-state index in [1.54, 1.807) is 14.2 Å². The zero-order chi connectivity index (χ0) is 22.1. The van der Waals surface area contributed by atoms with Gasteiger partial charge >= 0.3 is 0 Å². The Labute approximate surface area is 185 Å². The Kier molecular flexibility index (Phi) is 8.85. The minimum atomic E-state index is 0.551. The van der Waals surface area contributed by atoms with Crippen LogP contribution in [0.5, 0.6) is 11.5 Å². The number of ether oxygens (including phenoxy) is 3.